The molecule has 1 heterocycles. The number of rotatable bonds is 13. The van der Waals surface area contributed by atoms with Crippen molar-refractivity contribution >= 4 is 0 Å². The molecule has 1 atom stereocenters. The average molecular weight is 395 g/mol. The maximum Gasteiger partial charge on any atom is 0.158 e. The summed E-state index contributed by atoms with van der Waals surface area (Å²) in [6.07, 6.45) is 5.47. The first kappa shape index (κ1) is 23.3. The van der Waals surface area contributed by atoms with E-state index in [0.717, 1.165) is 43.8 Å². The van der Waals surface area contributed by atoms with Crippen LogP contribution in [0.25, 0.3) is 0 Å². The number of hydrogen-bond donors (Lipinski definition) is 1. The van der Waals surface area contributed by atoms with Crippen LogP contribution in [0, 0.1) is 11.7 Å². The van der Waals surface area contributed by atoms with E-state index in [-0.39, 0.29) is 18.1 Å². The molecule has 0 saturated carbocycles. The van der Waals surface area contributed by atoms with Gasteiger partial charge < -0.3 is 19.7 Å². The molecule has 1 fully saturated rings. The Kier molecular flexibility index (Phi) is 11.0. The Labute approximate surface area is 170 Å². The molecule has 0 spiro atoms. The lowest BCUT2D eigenvalue weighted by molar-refractivity contribution is -0.138. The topological polar surface area (TPSA) is 33.7 Å². The third kappa shape index (κ3) is 8.56. The van der Waals surface area contributed by atoms with Crippen LogP contribution in [-0.2, 0) is 9.47 Å². The van der Waals surface area contributed by atoms with E-state index in [1.807, 2.05) is 26.0 Å². The molecule has 1 unspecified atom stereocenters. The van der Waals surface area contributed by atoms with Crippen LogP contribution in [0.3, 0.4) is 0 Å². The minimum Gasteiger partial charge on any atom is -0.353 e. The fraction of sp³-hybridized carbons (Fsp3) is 0.739. The van der Waals surface area contributed by atoms with Crippen LogP contribution in [0.5, 0.6) is 0 Å². The van der Waals surface area contributed by atoms with Crippen LogP contribution in [0.1, 0.15) is 64.5 Å². The van der Waals surface area contributed by atoms with Crippen LogP contribution in [-0.4, -0.2) is 50.6 Å². The number of nitrogens with one attached hydrogen (secondary N) is 1. The predicted octanol–water partition coefficient (Wildman–Crippen LogP) is 4.76. The highest BCUT2D eigenvalue weighted by Crippen LogP contribution is 2.21. The fourth-order valence-electron chi connectivity index (χ4n) is 3.85. The second-order valence-electron chi connectivity index (χ2n) is 7.85. The first-order chi connectivity index (χ1) is 13.6. The van der Waals surface area contributed by atoms with Crippen molar-refractivity contribution in [2.45, 2.75) is 65.2 Å². The monoisotopic (exact) mass is 394 g/mol. The van der Waals surface area contributed by atoms with Gasteiger partial charge in [-0.25, -0.2) is 4.39 Å². The van der Waals surface area contributed by atoms with E-state index in [2.05, 4.69) is 17.1 Å². The van der Waals surface area contributed by atoms with E-state index < -0.39 is 0 Å². The first-order valence-electron chi connectivity index (χ1n) is 11.1. The van der Waals surface area contributed by atoms with Gasteiger partial charge in [-0.1, -0.05) is 19.1 Å². The maximum absolute atomic E-state index is 13.3. The van der Waals surface area contributed by atoms with Crippen molar-refractivity contribution in [1.82, 2.24) is 10.2 Å². The van der Waals surface area contributed by atoms with Gasteiger partial charge in [0.05, 0.1) is 0 Å². The standard InChI is InChI=1S/C23H39FN2O2/c1-4-27-23(28-5-2)12-15-25-22(20-8-10-21(24)11-9-20)7-6-16-26-17-13-19(3)14-18-26/h8-11,19,22-23,25H,4-7,12-18H2,1-3H3. The molecule has 1 aromatic rings. The molecule has 1 aliphatic rings. The normalized spacial score (nSPS) is 17.3. The van der Waals surface area contributed by atoms with Gasteiger partial charge in [-0.05, 0) is 82.8 Å². The van der Waals surface area contributed by atoms with E-state index in [0.29, 0.717) is 13.2 Å². The minimum atomic E-state index is -0.183. The van der Waals surface area contributed by atoms with E-state index >= 15 is 0 Å². The van der Waals surface area contributed by atoms with E-state index in [4.69, 9.17) is 9.47 Å². The molecule has 160 valence electrons. The molecule has 1 N–H and O–H groups in total. The average Bonchev–Trinajstić information content (AvgIpc) is 2.69. The zero-order valence-electron chi connectivity index (χ0n) is 18.0. The summed E-state index contributed by atoms with van der Waals surface area (Å²) in [7, 11) is 0. The number of piperidine rings is 1. The van der Waals surface area contributed by atoms with Crippen molar-refractivity contribution in [3.8, 4) is 0 Å². The largest absolute Gasteiger partial charge is 0.353 e. The third-order valence-electron chi connectivity index (χ3n) is 5.59. The first-order valence-corrected chi connectivity index (χ1v) is 11.1. The molecule has 28 heavy (non-hydrogen) atoms. The highest BCUT2D eigenvalue weighted by molar-refractivity contribution is 5.19. The van der Waals surface area contributed by atoms with Gasteiger partial charge in [0.15, 0.2) is 6.29 Å². The van der Waals surface area contributed by atoms with Crippen molar-refractivity contribution in [1.29, 1.82) is 0 Å². The summed E-state index contributed by atoms with van der Waals surface area (Å²) in [6, 6.07) is 7.14. The SMILES string of the molecule is CCOC(CCNC(CCCN1CCC(C)CC1)c1ccc(F)cc1)OCC. The van der Waals surface area contributed by atoms with Crippen molar-refractivity contribution in [3.05, 3.63) is 35.6 Å². The summed E-state index contributed by atoms with van der Waals surface area (Å²) >= 11 is 0. The lowest BCUT2D eigenvalue weighted by Crippen LogP contribution is -2.34. The van der Waals surface area contributed by atoms with Crippen molar-refractivity contribution in [2.75, 3.05) is 39.4 Å². The molecular weight excluding hydrogens is 355 g/mol. The second-order valence-corrected chi connectivity index (χ2v) is 7.85. The third-order valence-corrected chi connectivity index (χ3v) is 5.59. The molecule has 0 aliphatic carbocycles. The molecular formula is C23H39FN2O2. The maximum atomic E-state index is 13.3. The van der Waals surface area contributed by atoms with Crippen molar-refractivity contribution in [2.24, 2.45) is 5.92 Å². The predicted molar refractivity (Wildman–Crippen MR) is 113 cm³/mol. The summed E-state index contributed by atoms with van der Waals surface area (Å²) in [4.78, 5) is 2.59. The zero-order chi connectivity index (χ0) is 20.2. The Morgan fingerprint density at radius 1 is 1.07 bits per heavy atom. The quantitative estimate of drug-likeness (QED) is 0.489. The van der Waals surface area contributed by atoms with Crippen molar-refractivity contribution < 1.29 is 13.9 Å². The highest BCUT2D eigenvalue weighted by Gasteiger charge is 2.17. The van der Waals surface area contributed by atoms with E-state index in [1.165, 1.54) is 25.9 Å². The van der Waals surface area contributed by atoms with Crippen LogP contribution >= 0.6 is 0 Å². The molecule has 4 nitrogen and oxygen atoms in total. The molecule has 0 radical (unpaired) electrons. The zero-order valence-corrected chi connectivity index (χ0v) is 18.0. The lowest BCUT2D eigenvalue weighted by atomic mass is 9.98. The van der Waals surface area contributed by atoms with Gasteiger partial charge in [0, 0.05) is 32.2 Å². The summed E-state index contributed by atoms with van der Waals surface area (Å²) in [5, 5.41) is 3.65. The van der Waals surface area contributed by atoms with Crippen LogP contribution in [0.2, 0.25) is 0 Å². The smallest absolute Gasteiger partial charge is 0.158 e. The van der Waals surface area contributed by atoms with Gasteiger partial charge in [-0.3, -0.25) is 0 Å². The van der Waals surface area contributed by atoms with E-state index in [1.54, 1.807) is 12.1 Å². The van der Waals surface area contributed by atoms with E-state index in [9.17, 15) is 4.39 Å². The summed E-state index contributed by atoms with van der Waals surface area (Å²) in [6.45, 7) is 12.0. The van der Waals surface area contributed by atoms with Gasteiger partial charge in [-0.15, -0.1) is 0 Å². The Morgan fingerprint density at radius 3 is 2.32 bits per heavy atom. The Balaban J connectivity index is 1.83. The van der Waals surface area contributed by atoms with Gasteiger partial charge in [0.2, 0.25) is 0 Å². The van der Waals surface area contributed by atoms with Crippen molar-refractivity contribution in [3.63, 3.8) is 0 Å². The van der Waals surface area contributed by atoms with Gasteiger partial charge in [-0.2, -0.15) is 0 Å². The van der Waals surface area contributed by atoms with Gasteiger partial charge >= 0.3 is 0 Å². The molecule has 1 aliphatic heterocycles. The number of halogens is 1. The second kappa shape index (κ2) is 13.3. The van der Waals surface area contributed by atoms with Crippen LogP contribution < -0.4 is 5.32 Å². The Hall–Kier alpha value is -1.01. The summed E-state index contributed by atoms with van der Waals surface area (Å²) < 4.78 is 24.6. The molecule has 0 amide bonds. The summed E-state index contributed by atoms with van der Waals surface area (Å²) in [5.41, 5.74) is 1.15. The van der Waals surface area contributed by atoms with Crippen LogP contribution in [0.15, 0.2) is 24.3 Å². The fourth-order valence-corrected chi connectivity index (χ4v) is 3.85. The Bertz CT molecular complexity index is 512. The number of ether oxygens (including phenoxy) is 2. The number of likely N-dealkylation sites (tertiary alicyclic amines) is 1. The molecule has 5 heteroatoms. The molecule has 2 rings (SSSR count). The number of hydrogen-bond acceptors (Lipinski definition) is 4. The summed E-state index contributed by atoms with van der Waals surface area (Å²) in [5.74, 6) is 0.686. The van der Waals surface area contributed by atoms with Gasteiger partial charge in [0.25, 0.3) is 0 Å². The highest BCUT2D eigenvalue weighted by atomic mass is 19.1. The molecule has 0 bridgehead atoms. The minimum absolute atomic E-state index is 0.160. The molecule has 1 saturated heterocycles. The molecule has 1 aromatic carbocycles. The molecule has 0 aromatic heterocycles. The van der Waals surface area contributed by atoms with Crippen LogP contribution in [0.4, 0.5) is 4.39 Å². The Morgan fingerprint density at radius 2 is 1.71 bits per heavy atom. The lowest BCUT2D eigenvalue weighted by Gasteiger charge is -2.30. The number of nitrogens with zero attached hydrogens (tertiary/aromatic N) is 1. The number of benzene rings is 1. The van der Waals surface area contributed by atoms with Gasteiger partial charge in [0.1, 0.15) is 5.82 Å².